The molecule has 20 heavy (non-hydrogen) atoms. The van der Waals surface area contributed by atoms with Crippen molar-refractivity contribution in [2.24, 2.45) is 11.8 Å². The van der Waals surface area contributed by atoms with Crippen LogP contribution in [0, 0.1) is 11.8 Å². The zero-order valence-electron chi connectivity index (χ0n) is 13.0. The summed E-state index contributed by atoms with van der Waals surface area (Å²) in [5, 5.41) is 3.79. The molecular weight excluding hydrogens is 244 g/mol. The normalized spacial score (nSPS) is 45.3. The molecule has 3 aliphatic heterocycles. The molecule has 0 aromatic rings. The molecule has 0 aromatic carbocycles. The summed E-state index contributed by atoms with van der Waals surface area (Å²) in [6, 6.07) is 2.72. The highest BCUT2D eigenvalue weighted by atomic mass is 15.2. The molecule has 0 spiro atoms. The third kappa shape index (κ3) is 2.78. The molecular formula is C18H32N2. The highest BCUT2D eigenvalue weighted by Crippen LogP contribution is 2.37. The first kappa shape index (κ1) is 13.6. The van der Waals surface area contributed by atoms with Gasteiger partial charge in [-0.1, -0.05) is 12.8 Å². The Hall–Kier alpha value is -0.0800. The highest BCUT2D eigenvalue weighted by molar-refractivity contribution is 4.93. The summed E-state index contributed by atoms with van der Waals surface area (Å²) in [5.74, 6) is 2.08. The van der Waals surface area contributed by atoms with Crippen LogP contribution in [0.5, 0.6) is 0 Å². The summed E-state index contributed by atoms with van der Waals surface area (Å²) >= 11 is 0. The number of nitrogens with zero attached hydrogens (tertiary/aromatic N) is 1. The van der Waals surface area contributed by atoms with Crippen molar-refractivity contribution in [3.8, 4) is 0 Å². The van der Waals surface area contributed by atoms with Crippen LogP contribution in [0.15, 0.2) is 0 Å². The van der Waals surface area contributed by atoms with Crippen molar-refractivity contribution in [3.05, 3.63) is 0 Å². The number of fused-ring (bicyclic) bond motifs is 3. The van der Waals surface area contributed by atoms with Gasteiger partial charge < -0.3 is 10.2 Å². The van der Waals surface area contributed by atoms with Crippen LogP contribution < -0.4 is 5.32 Å². The second-order valence-corrected chi connectivity index (χ2v) is 8.05. The van der Waals surface area contributed by atoms with E-state index >= 15 is 0 Å². The molecule has 1 N–H and O–H groups in total. The Morgan fingerprint density at radius 2 is 1.60 bits per heavy atom. The maximum absolute atomic E-state index is 3.79. The van der Waals surface area contributed by atoms with E-state index in [1.54, 1.807) is 0 Å². The summed E-state index contributed by atoms with van der Waals surface area (Å²) in [6.07, 6.45) is 16.4. The molecule has 4 aliphatic rings. The van der Waals surface area contributed by atoms with Crippen LogP contribution in [-0.4, -0.2) is 36.1 Å². The van der Waals surface area contributed by atoms with E-state index in [-0.39, 0.29) is 0 Å². The molecule has 0 amide bonds. The summed E-state index contributed by atoms with van der Waals surface area (Å²) < 4.78 is 0. The molecule has 1 aliphatic carbocycles. The van der Waals surface area contributed by atoms with Gasteiger partial charge >= 0.3 is 0 Å². The van der Waals surface area contributed by atoms with Crippen LogP contribution in [-0.2, 0) is 0 Å². The van der Waals surface area contributed by atoms with Gasteiger partial charge in [0.05, 0.1) is 0 Å². The number of nitrogens with one attached hydrogen (secondary N) is 1. The van der Waals surface area contributed by atoms with Crippen molar-refractivity contribution in [1.82, 2.24) is 10.2 Å². The zero-order valence-corrected chi connectivity index (χ0v) is 13.0. The van der Waals surface area contributed by atoms with Gasteiger partial charge in [-0.2, -0.15) is 0 Å². The summed E-state index contributed by atoms with van der Waals surface area (Å²) in [5.41, 5.74) is 0. The van der Waals surface area contributed by atoms with Crippen molar-refractivity contribution in [2.45, 2.75) is 88.8 Å². The number of likely N-dealkylation sites (tertiary alicyclic amines) is 1. The first-order valence-corrected chi connectivity index (χ1v) is 9.38. The molecule has 114 valence electrons. The predicted molar refractivity (Wildman–Crippen MR) is 83.8 cm³/mol. The minimum Gasteiger partial charge on any atom is -0.311 e. The predicted octanol–water partition coefficient (Wildman–Crippen LogP) is 3.56. The van der Waals surface area contributed by atoms with E-state index in [1.165, 1.54) is 83.7 Å². The quantitative estimate of drug-likeness (QED) is 0.848. The van der Waals surface area contributed by atoms with E-state index in [0.717, 1.165) is 30.0 Å². The topological polar surface area (TPSA) is 15.3 Å². The molecule has 4 fully saturated rings. The number of hydrogen-bond donors (Lipinski definition) is 1. The molecule has 2 unspecified atom stereocenters. The van der Waals surface area contributed by atoms with Gasteiger partial charge in [0.1, 0.15) is 0 Å². The van der Waals surface area contributed by atoms with Crippen LogP contribution >= 0.6 is 0 Å². The van der Waals surface area contributed by atoms with E-state index in [0.29, 0.717) is 0 Å². The van der Waals surface area contributed by atoms with Gasteiger partial charge in [0.2, 0.25) is 0 Å². The lowest BCUT2D eigenvalue weighted by atomic mass is 9.78. The Balaban J connectivity index is 1.30. The maximum Gasteiger partial charge on any atom is 0.0123 e. The summed E-state index contributed by atoms with van der Waals surface area (Å²) in [4.78, 5) is 2.90. The Kier molecular flexibility index (Phi) is 4.05. The molecule has 2 heteroatoms. The number of hydrogen-bond acceptors (Lipinski definition) is 2. The maximum atomic E-state index is 3.79. The smallest absolute Gasteiger partial charge is 0.0123 e. The van der Waals surface area contributed by atoms with Gasteiger partial charge in [0.25, 0.3) is 0 Å². The average molecular weight is 276 g/mol. The van der Waals surface area contributed by atoms with Crippen molar-refractivity contribution in [1.29, 1.82) is 0 Å². The van der Waals surface area contributed by atoms with Crippen molar-refractivity contribution in [2.75, 3.05) is 13.1 Å². The van der Waals surface area contributed by atoms with Gasteiger partial charge in [-0.05, 0) is 82.7 Å². The lowest BCUT2D eigenvalue weighted by Gasteiger charge is -2.45. The van der Waals surface area contributed by atoms with Gasteiger partial charge in [-0.25, -0.2) is 0 Å². The van der Waals surface area contributed by atoms with Crippen molar-refractivity contribution in [3.63, 3.8) is 0 Å². The fraction of sp³-hybridized carbons (Fsp3) is 1.00. The first-order valence-electron chi connectivity index (χ1n) is 9.38. The Morgan fingerprint density at radius 3 is 2.45 bits per heavy atom. The fourth-order valence-electron chi connectivity index (χ4n) is 5.76. The Labute approximate surface area is 124 Å². The average Bonchev–Trinajstić information content (AvgIpc) is 2.84. The standard InChI is InChI=1S/C18H32N2/c1-2-6-18-15(4-1)5-3-10-20(18)11-9-14-12-16-7-8-17(13-14)19-16/h14-19H,1-13H2/t14?,15-,16?,17?,18-/m1/s1. The van der Waals surface area contributed by atoms with Crippen LogP contribution in [0.3, 0.4) is 0 Å². The van der Waals surface area contributed by atoms with E-state index in [4.69, 9.17) is 0 Å². The minimum atomic E-state index is 0.877. The summed E-state index contributed by atoms with van der Waals surface area (Å²) in [7, 11) is 0. The molecule has 3 saturated heterocycles. The van der Waals surface area contributed by atoms with E-state index in [2.05, 4.69) is 10.2 Å². The SMILES string of the molecule is C1CC[C@@H]2[C@H](C1)CCCN2CCC1CC2CCC(C1)N2. The van der Waals surface area contributed by atoms with Crippen LogP contribution in [0.4, 0.5) is 0 Å². The molecule has 2 bridgehead atoms. The van der Waals surface area contributed by atoms with Crippen molar-refractivity contribution < 1.29 is 0 Å². The van der Waals surface area contributed by atoms with E-state index in [1.807, 2.05) is 0 Å². The van der Waals surface area contributed by atoms with Gasteiger partial charge in [0, 0.05) is 18.1 Å². The molecule has 4 rings (SSSR count). The zero-order chi connectivity index (χ0) is 13.4. The number of piperidine rings is 2. The van der Waals surface area contributed by atoms with Gasteiger partial charge in [-0.3, -0.25) is 0 Å². The fourth-order valence-corrected chi connectivity index (χ4v) is 5.76. The van der Waals surface area contributed by atoms with Crippen molar-refractivity contribution >= 4 is 0 Å². The molecule has 4 atom stereocenters. The molecule has 0 radical (unpaired) electrons. The molecule has 3 heterocycles. The lowest BCUT2D eigenvalue weighted by Crippen LogP contribution is -2.47. The largest absolute Gasteiger partial charge is 0.311 e. The lowest BCUT2D eigenvalue weighted by molar-refractivity contribution is 0.0540. The highest BCUT2D eigenvalue weighted by Gasteiger charge is 2.35. The van der Waals surface area contributed by atoms with E-state index in [9.17, 15) is 0 Å². The third-order valence-corrected chi connectivity index (χ3v) is 6.75. The van der Waals surface area contributed by atoms with Crippen LogP contribution in [0.2, 0.25) is 0 Å². The van der Waals surface area contributed by atoms with Gasteiger partial charge in [-0.15, -0.1) is 0 Å². The second kappa shape index (κ2) is 5.96. The Bertz CT molecular complexity index is 315. The molecule has 1 saturated carbocycles. The first-order chi connectivity index (χ1) is 9.88. The molecule has 2 nitrogen and oxygen atoms in total. The van der Waals surface area contributed by atoms with Crippen LogP contribution in [0.25, 0.3) is 0 Å². The van der Waals surface area contributed by atoms with Crippen LogP contribution in [0.1, 0.15) is 70.6 Å². The molecule has 0 aromatic heterocycles. The monoisotopic (exact) mass is 276 g/mol. The van der Waals surface area contributed by atoms with Gasteiger partial charge in [0.15, 0.2) is 0 Å². The second-order valence-electron chi connectivity index (χ2n) is 8.05. The summed E-state index contributed by atoms with van der Waals surface area (Å²) in [6.45, 7) is 2.81. The number of rotatable bonds is 3. The van der Waals surface area contributed by atoms with E-state index < -0.39 is 0 Å². The third-order valence-electron chi connectivity index (χ3n) is 6.75. The Morgan fingerprint density at radius 1 is 0.850 bits per heavy atom. The minimum absolute atomic E-state index is 0.877.